The second kappa shape index (κ2) is 5.64. The van der Waals surface area contributed by atoms with Crippen molar-refractivity contribution in [3.63, 3.8) is 0 Å². The first-order valence-electron chi connectivity index (χ1n) is 6.07. The highest BCUT2D eigenvalue weighted by Crippen LogP contribution is 2.35. The minimum Gasteiger partial charge on any atom is -0.480 e. The molecule has 0 fully saturated rings. The smallest absolute Gasteiger partial charge is 0.417 e. The van der Waals surface area contributed by atoms with Crippen molar-refractivity contribution >= 4 is 11.7 Å². The van der Waals surface area contributed by atoms with Gasteiger partial charge in [0.2, 0.25) is 0 Å². The molecule has 0 spiro atoms. The topological polar surface area (TPSA) is 64.3 Å². The van der Waals surface area contributed by atoms with Crippen LogP contribution < -0.4 is 4.90 Å². The molecular formula is C14H15F3N2O2. The van der Waals surface area contributed by atoms with Crippen LogP contribution in [0, 0.1) is 11.3 Å². The van der Waals surface area contributed by atoms with E-state index in [1.54, 1.807) is 20.8 Å². The molecule has 114 valence electrons. The van der Waals surface area contributed by atoms with E-state index in [1.807, 2.05) is 0 Å². The molecule has 0 heterocycles. The van der Waals surface area contributed by atoms with Crippen LogP contribution in [0.4, 0.5) is 18.9 Å². The quantitative estimate of drug-likeness (QED) is 0.930. The van der Waals surface area contributed by atoms with Crippen molar-refractivity contribution in [1.29, 1.82) is 5.26 Å². The fourth-order valence-electron chi connectivity index (χ4n) is 1.88. The lowest BCUT2D eigenvalue weighted by atomic mass is 10.0. The number of nitriles is 1. The third-order valence-electron chi connectivity index (χ3n) is 2.84. The molecule has 1 aromatic carbocycles. The number of nitrogens with zero attached hydrogens (tertiary/aromatic N) is 2. The Kier molecular flexibility index (Phi) is 4.52. The van der Waals surface area contributed by atoms with Gasteiger partial charge in [-0.1, -0.05) is 0 Å². The van der Waals surface area contributed by atoms with Crippen molar-refractivity contribution < 1.29 is 23.1 Å². The molecule has 0 atom stereocenters. The Bertz CT molecular complexity index is 583. The van der Waals surface area contributed by atoms with Gasteiger partial charge in [0, 0.05) is 11.2 Å². The van der Waals surface area contributed by atoms with Crippen molar-refractivity contribution in [1.82, 2.24) is 0 Å². The largest absolute Gasteiger partial charge is 0.480 e. The first kappa shape index (κ1) is 16.8. The molecule has 1 N–H and O–H groups in total. The number of anilines is 1. The van der Waals surface area contributed by atoms with E-state index in [9.17, 15) is 18.0 Å². The number of alkyl halides is 3. The van der Waals surface area contributed by atoms with Gasteiger partial charge in [-0.2, -0.15) is 18.4 Å². The van der Waals surface area contributed by atoms with Crippen molar-refractivity contribution in [2.24, 2.45) is 0 Å². The molecule has 21 heavy (non-hydrogen) atoms. The summed E-state index contributed by atoms with van der Waals surface area (Å²) in [5.74, 6) is -1.15. The Hall–Kier alpha value is -2.23. The zero-order valence-corrected chi connectivity index (χ0v) is 11.8. The maximum absolute atomic E-state index is 13.0. The molecule has 0 saturated carbocycles. The third kappa shape index (κ3) is 4.12. The van der Waals surface area contributed by atoms with E-state index in [0.717, 1.165) is 12.1 Å². The molecule has 4 nitrogen and oxygen atoms in total. The summed E-state index contributed by atoms with van der Waals surface area (Å²) < 4.78 is 38.9. The van der Waals surface area contributed by atoms with Crippen LogP contribution in [0.2, 0.25) is 0 Å². The monoisotopic (exact) mass is 300 g/mol. The van der Waals surface area contributed by atoms with Crippen molar-refractivity contribution in [3.05, 3.63) is 29.3 Å². The molecule has 0 aromatic heterocycles. The Morgan fingerprint density at radius 3 is 2.29 bits per heavy atom. The van der Waals surface area contributed by atoms with Gasteiger partial charge in [0.1, 0.15) is 6.54 Å². The predicted molar refractivity (Wildman–Crippen MR) is 70.9 cm³/mol. The van der Waals surface area contributed by atoms with E-state index in [-0.39, 0.29) is 5.69 Å². The summed E-state index contributed by atoms with van der Waals surface area (Å²) in [7, 11) is 0. The van der Waals surface area contributed by atoms with Gasteiger partial charge in [0.25, 0.3) is 0 Å². The molecule has 0 amide bonds. The van der Waals surface area contributed by atoms with Crippen LogP contribution in [0.25, 0.3) is 0 Å². The van der Waals surface area contributed by atoms with Gasteiger partial charge in [-0.15, -0.1) is 0 Å². The highest BCUT2D eigenvalue weighted by molar-refractivity contribution is 5.74. The van der Waals surface area contributed by atoms with Crippen molar-refractivity contribution in [3.8, 4) is 6.07 Å². The Labute approximate surface area is 120 Å². The number of hydrogen-bond donors (Lipinski definition) is 1. The maximum Gasteiger partial charge on any atom is 0.417 e. The van der Waals surface area contributed by atoms with Crippen molar-refractivity contribution in [2.75, 3.05) is 11.4 Å². The van der Waals surface area contributed by atoms with Gasteiger partial charge in [0.05, 0.1) is 17.2 Å². The first-order chi connectivity index (χ1) is 9.46. The summed E-state index contributed by atoms with van der Waals surface area (Å²) >= 11 is 0. The van der Waals surface area contributed by atoms with Crippen LogP contribution in [0.15, 0.2) is 18.2 Å². The Morgan fingerprint density at radius 1 is 1.33 bits per heavy atom. The highest BCUT2D eigenvalue weighted by atomic mass is 19.4. The molecule has 0 aliphatic carbocycles. The van der Waals surface area contributed by atoms with Gasteiger partial charge >= 0.3 is 12.1 Å². The number of halogens is 3. The second-order valence-electron chi connectivity index (χ2n) is 5.49. The standard InChI is InChI=1S/C14H15F3N2O2/c1-13(2,3)19(8-12(20)21)10-5-4-9(7-18)11(6-10)14(15,16)17/h4-6H,8H2,1-3H3,(H,20,21). The number of aliphatic carboxylic acids is 1. The van der Waals surface area contributed by atoms with Gasteiger partial charge in [-0.3, -0.25) is 4.79 Å². The van der Waals surface area contributed by atoms with Crippen LogP contribution in [0.5, 0.6) is 0 Å². The molecular weight excluding hydrogens is 285 g/mol. The van der Waals surface area contributed by atoms with Crippen LogP contribution in [-0.4, -0.2) is 23.2 Å². The molecule has 7 heteroatoms. The molecule has 0 unspecified atom stereocenters. The molecule has 0 bridgehead atoms. The maximum atomic E-state index is 13.0. The van der Waals surface area contributed by atoms with E-state index in [0.29, 0.717) is 0 Å². The lowest BCUT2D eigenvalue weighted by Gasteiger charge is -2.36. The molecule has 0 aliphatic heterocycles. The Morgan fingerprint density at radius 2 is 1.90 bits per heavy atom. The summed E-state index contributed by atoms with van der Waals surface area (Å²) in [6, 6.07) is 4.68. The normalized spacial score (nSPS) is 11.9. The molecule has 1 aromatic rings. The van der Waals surface area contributed by atoms with Gasteiger partial charge in [-0.25, -0.2) is 0 Å². The average Bonchev–Trinajstić information content (AvgIpc) is 2.32. The van der Waals surface area contributed by atoms with E-state index in [1.165, 1.54) is 17.0 Å². The van der Waals surface area contributed by atoms with E-state index in [2.05, 4.69) is 0 Å². The number of benzene rings is 1. The molecule has 0 radical (unpaired) electrons. The fourth-order valence-corrected chi connectivity index (χ4v) is 1.88. The van der Waals surface area contributed by atoms with Gasteiger partial charge in [0.15, 0.2) is 0 Å². The second-order valence-corrected chi connectivity index (χ2v) is 5.49. The number of carboxylic acids is 1. The van der Waals surface area contributed by atoms with Crippen LogP contribution in [-0.2, 0) is 11.0 Å². The van der Waals surface area contributed by atoms with Crippen molar-refractivity contribution in [2.45, 2.75) is 32.5 Å². The molecule has 0 aliphatic rings. The minimum atomic E-state index is -4.67. The number of carboxylic acid groups (broad SMARTS) is 1. The average molecular weight is 300 g/mol. The summed E-state index contributed by atoms with van der Waals surface area (Å²) in [5.41, 5.74) is -2.14. The van der Waals surface area contributed by atoms with Gasteiger partial charge in [-0.05, 0) is 39.0 Å². The SMILES string of the molecule is CC(C)(C)N(CC(=O)O)c1ccc(C#N)c(C(F)(F)F)c1. The number of carbonyl (C=O) groups is 1. The molecule has 1 rings (SSSR count). The summed E-state index contributed by atoms with van der Waals surface area (Å²) in [5, 5.41) is 17.7. The van der Waals surface area contributed by atoms with Gasteiger partial charge < -0.3 is 10.0 Å². The zero-order valence-electron chi connectivity index (χ0n) is 11.8. The fraction of sp³-hybridized carbons (Fsp3) is 0.429. The summed E-state index contributed by atoms with van der Waals surface area (Å²) in [6.45, 7) is 4.65. The Balaban J connectivity index is 3.41. The number of hydrogen-bond acceptors (Lipinski definition) is 3. The minimum absolute atomic E-state index is 0.108. The summed E-state index contributed by atoms with van der Waals surface area (Å²) in [6.07, 6.45) is -4.67. The predicted octanol–water partition coefficient (Wildman–Crippen LogP) is 3.27. The third-order valence-corrected chi connectivity index (χ3v) is 2.84. The lowest BCUT2D eigenvalue weighted by molar-refractivity contribution is -0.137. The van der Waals surface area contributed by atoms with E-state index < -0.39 is 35.4 Å². The van der Waals surface area contributed by atoms with Crippen LogP contribution in [0.3, 0.4) is 0 Å². The van der Waals surface area contributed by atoms with E-state index >= 15 is 0 Å². The van der Waals surface area contributed by atoms with Crippen LogP contribution in [0.1, 0.15) is 31.9 Å². The first-order valence-corrected chi connectivity index (χ1v) is 6.07. The van der Waals surface area contributed by atoms with Crippen LogP contribution >= 0.6 is 0 Å². The summed E-state index contributed by atoms with van der Waals surface area (Å²) in [4.78, 5) is 12.3. The lowest BCUT2D eigenvalue weighted by Crippen LogP contribution is -2.44. The highest BCUT2D eigenvalue weighted by Gasteiger charge is 2.35. The number of rotatable bonds is 3. The zero-order chi connectivity index (χ0) is 16.4. The van der Waals surface area contributed by atoms with E-state index in [4.69, 9.17) is 10.4 Å². The molecule has 0 saturated heterocycles.